The fourth-order valence-corrected chi connectivity index (χ4v) is 6.23. The van der Waals surface area contributed by atoms with E-state index in [-0.39, 0.29) is 19.4 Å². The number of phosphoric acid groups is 1. The fraction of sp³-hybridized carbons (Fsp3) is 0.773. The number of esters is 2. The van der Waals surface area contributed by atoms with Gasteiger partial charge in [0.1, 0.15) is 6.61 Å². The Labute approximate surface area is 324 Å². The van der Waals surface area contributed by atoms with Crippen LogP contribution in [-0.4, -0.2) is 41.0 Å². The first-order chi connectivity index (χ1) is 25.8. The van der Waals surface area contributed by atoms with Crippen LogP contribution in [0, 0.1) is 0 Å². The highest BCUT2D eigenvalue weighted by molar-refractivity contribution is 7.46. The fourth-order valence-electron chi connectivity index (χ4n) is 5.87. The maximum atomic E-state index is 12.3. The van der Waals surface area contributed by atoms with Crippen LogP contribution < -0.4 is 0 Å². The number of hydrogen-bond acceptors (Lipinski definition) is 6. The van der Waals surface area contributed by atoms with Gasteiger partial charge in [-0.25, -0.2) is 4.57 Å². The third kappa shape index (κ3) is 42.6. The standard InChI is InChI=1S/C44H79O8P/c1-3-5-7-9-11-13-15-17-18-19-20-21-22-23-24-25-27-28-30-32-34-36-38-43(45)50-40-42(41-51-53(47,48)49)52-44(46)39-37-35-33-31-29-26-16-14-12-10-8-6-4-2/h19-20,22-23,26,29,33,35,42H,3-18,21,24-25,27-28,30-32,34,36-41H2,1-2H3,(H2,47,48,49)/b20-19+,23-22+,29-26+,35-33+. The molecule has 0 rings (SSSR count). The summed E-state index contributed by atoms with van der Waals surface area (Å²) in [5, 5.41) is 0. The highest BCUT2D eigenvalue weighted by Gasteiger charge is 2.22. The van der Waals surface area contributed by atoms with E-state index in [2.05, 4.69) is 54.8 Å². The number of ether oxygens (including phenoxy) is 2. The van der Waals surface area contributed by atoms with Gasteiger partial charge < -0.3 is 19.3 Å². The number of unbranched alkanes of at least 4 members (excludes halogenated alkanes) is 21. The summed E-state index contributed by atoms with van der Waals surface area (Å²) in [6, 6.07) is 0. The van der Waals surface area contributed by atoms with Crippen molar-refractivity contribution in [3.05, 3.63) is 48.6 Å². The highest BCUT2D eigenvalue weighted by Crippen LogP contribution is 2.36. The molecular formula is C44H79O8P. The minimum absolute atomic E-state index is 0.103. The quantitative estimate of drug-likeness (QED) is 0.0275. The van der Waals surface area contributed by atoms with Gasteiger partial charge >= 0.3 is 19.8 Å². The molecule has 0 radical (unpaired) electrons. The van der Waals surface area contributed by atoms with Gasteiger partial charge in [0.2, 0.25) is 0 Å². The van der Waals surface area contributed by atoms with Gasteiger partial charge in [0.25, 0.3) is 0 Å². The molecule has 1 unspecified atom stereocenters. The molecule has 0 fully saturated rings. The summed E-state index contributed by atoms with van der Waals surface area (Å²) in [7, 11) is -4.77. The monoisotopic (exact) mass is 767 g/mol. The Morgan fingerprint density at radius 3 is 1.32 bits per heavy atom. The van der Waals surface area contributed by atoms with Crippen molar-refractivity contribution in [1.29, 1.82) is 0 Å². The normalized spacial score (nSPS) is 12.9. The molecule has 0 aliphatic carbocycles. The molecule has 0 amide bonds. The van der Waals surface area contributed by atoms with E-state index in [9.17, 15) is 14.2 Å². The number of carbonyl (C=O) groups excluding carboxylic acids is 2. The van der Waals surface area contributed by atoms with Crippen molar-refractivity contribution < 1.29 is 37.9 Å². The summed E-state index contributed by atoms with van der Waals surface area (Å²) >= 11 is 0. The summed E-state index contributed by atoms with van der Waals surface area (Å²) in [5.74, 6) is -0.971. The van der Waals surface area contributed by atoms with Crippen molar-refractivity contribution in [3.63, 3.8) is 0 Å². The van der Waals surface area contributed by atoms with Gasteiger partial charge in [-0.3, -0.25) is 14.1 Å². The van der Waals surface area contributed by atoms with Crippen LogP contribution in [0.2, 0.25) is 0 Å². The van der Waals surface area contributed by atoms with Crippen LogP contribution in [0.4, 0.5) is 0 Å². The lowest BCUT2D eigenvalue weighted by atomic mass is 10.1. The number of rotatable bonds is 39. The molecule has 0 saturated heterocycles. The van der Waals surface area contributed by atoms with E-state index in [1.165, 1.54) is 116 Å². The van der Waals surface area contributed by atoms with E-state index in [1.54, 1.807) is 0 Å². The topological polar surface area (TPSA) is 119 Å². The molecule has 0 aromatic rings. The average molecular weight is 767 g/mol. The first kappa shape index (κ1) is 51.0. The molecule has 2 N–H and O–H groups in total. The molecule has 0 spiro atoms. The minimum atomic E-state index is -4.77. The number of carbonyl (C=O) groups is 2. The molecular weight excluding hydrogens is 687 g/mol. The Kier molecular flexibility index (Phi) is 38.2. The van der Waals surface area contributed by atoms with Crippen LogP contribution in [0.15, 0.2) is 48.6 Å². The van der Waals surface area contributed by atoms with Crippen molar-refractivity contribution in [2.24, 2.45) is 0 Å². The SMILES string of the molecule is CCCCCCCC/C=C/C/C=C/CCC(=O)OC(COC(=O)CCCCCCCCC/C=C/C/C=C/CCCCCCCCCC)COP(=O)(O)O. The lowest BCUT2D eigenvalue weighted by Gasteiger charge is -2.18. The zero-order valence-corrected chi connectivity index (χ0v) is 34.8. The Morgan fingerprint density at radius 1 is 0.491 bits per heavy atom. The van der Waals surface area contributed by atoms with E-state index < -0.39 is 32.5 Å². The van der Waals surface area contributed by atoms with E-state index in [4.69, 9.17) is 19.3 Å². The molecule has 9 heteroatoms. The summed E-state index contributed by atoms with van der Waals surface area (Å²) in [6.45, 7) is 3.62. The molecule has 0 heterocycles. The summed E-state index contributed by atoms with van der Waals surface area (Å²) in [5.41, 5.74) is 0. The van der Waals surface area contributed by atoms with Crippen molar-refractivity contribution in [1.82, 2.24) is 0 Å². The predicted molar refractivity (Wildman–Crippen MR) is 221 cm³/mol. The first-order valence-electron chi connectivity index (χ1n) is 21.4. The third-order valence-corrected chi connectivity index (χ3v) is 9.57. The number of hydrogen-bond donors (Lipinski definition) is 2. The van der Waals surface area contributed by atoms with Gasteiger partial charge in [-0.2, -0.15) is 0 Å². The van der Waals surface area contributed by atoms with Crippen LogP contribution in [0.25, 0.3) is 0 Å². The largest absolute Gasteiger partial charge is 0.469 e. The van der Waals surface area contributed by atoms with Crippen LogP contribution in [0.5, 0.6) is 0 Å². The Bertz CT molecular complexity index is 999. The zero-order chi connectivity index (χ0) is 38.9. The van der Waals surface area contributed by atoms with Crippen molar-refractivity contribution >= 4 is 19.8 Å². The van der Waals surface area contributed by atoms with Crippen molar-refractivity contribution in [3.8, 4) is 0 Å². The molecule has 1 atom stereocenters. The first-order valence-corrected chi connectivity index (χ1v) is 23.0. The van der Waals surface area contributed by atoms with Gasteiger partial charge in [0.05, 0.1) is 6.61 Å². The van der Waals surface area contributed by atoms with E-state index in [0.29, 0.717) is 12.8 Å². The van der Waals surface area contributed by atoms with Gasteiger partial charge in [0, 0.05) is 12.8 Å². The van der Waals surface area contributed by atoms with Gasteiger partial charge in [-0.1, -0.05) is 172 Å². The second kappa shape index (κ2) is 39.7. The highest BCUT2D eigenvalue weighted by atomic mass is 31.2. The average Bonchev–Trinajstić information content (AvgIpc) is 3.13. The zero-order valence-electron chi connectivity index (χ0n) is 33.9. The van der Waals surface area contributed by atoms with Crippen LogP contribution in [0.1, 0.15) is 200 Å². The molecule has 0 bridgehead atoms. The summed E-state index contributed by atoms with van der Waals surface area (Å²) in [6.07, 6.45) is 48.5. The van der Waals surface area contributed by atoms with E-state index >= 15 is 0 Å². The van der Waals surface area contributed by atoms with Crippen molar-refractivity contribution in [2.75, 3.05) is 13.2 Å². The summed E-state index contributed by atoms with van der Waals surface area (Å²) in [4.78, 5) is 42.8. The molecule has 308 valence electrons. The van der Waals surface area contributed by atoms with Gasteiger partial charge in [-0.05, 0) is 64.2 Å². The van der Waals surface area contributed by atoms with Crippen LogP contribution in [-0.2, 0) is 28.2 Å². The number of phosphoric ester groups is 1. The Hall–Kier alpha value is -1.99. The maximum absolute atomic E-state index is 12.3. The molecule has 8 nitrogen and oxygen atoms in total. The number of allylic oxidation sites excluding steroid dienone is 8. The predicted octanol–water partition coefficient (Wildman–Crippen LogP) is 13.1. The molecule has 53 heavy (non-hydrogen) atoms. The van der Waals surface area contributed by atoms with Crippen LogP contribution in [0.3, 0.4) is 0 Å². The minimum Gasteiger partial charge on any atom is -0.462 e. The van der Waals surface area contributed by atoms with E-state index in [1.807, 2.05) is 12.2 Å². The Balaban J connectivity index is 3.94. The van der Waals surface area contributed by atoms with Gasteiger partial charge in [-0.15, -0.1) is 0 Å². The Morgan fingerprint density at radius 2 is 0.887 bits per heavy atom. The second-order valence-corrected chi connectivity index (χ2v) is 15.5. The molecule has 0 saturated carbocycles. The molecule has 0 aliphatic rings. The maximum Gasteiger partial charge on any atom is 0.469 e. The lowest BCUT2D eigenvalue weighted by molar-refractivity contribution is -0.161. The molecule has 0 aliphatic heterocycles. The van der Waals surface area contributed by atoms with Gasteiger partial charge in [0.15, 0.2) is 6.10 Å². The van der Waals surface area contributed by atoms with E-state index in [0.717, 1.165) is 44.9 Å². The third-order valence-electron chi connectivity index (χ3n) is 9.08. The summed E-state index contributed by atoms with van der Waals surface area (Å²) < 4.78 is 26.3. The molecule has 0 aromatic heterocycles. The smallest absolute Gasteiger partial charge is 0.462 e. The molecule has 0 aromatic carbocycles. The second-order valence-electron chi connectivity index (χ2n) is 14.3. The lowest BCUT2D eigenvalue weighted by Crippen LogP contribution is -2.29. The van der Waals surface area contributed by atoms with Crippen LogP contribution >= 0.6 is 7.82 Å². The van der Waals surface area contributed by atoms with Crippen molar-refractivity contribution in [2.45, 2.75) is 206 Å².